The lowest BCUT2D eigenvalue weighted by Crippen LogP contribution is -2.27. The molecule has 0 aliphatic rings. The number of benzene rings is 1. The number of hydrogen-bond donors (Lipinski definition) is 1. The van der Waals surface area contributed by atoms with Crippen LogP contribution in [0, 0.1) is 13.8 Å². The lowest BCUT2D eigenvalue weighted by atomic mass is 10.1. The van der Waals surface area contributed by atoms with E-state index in [4.69, 9.17) is 4.74 Å². The largest absolute Gasteiger partial charge is 0.492 e. The molecule has 3 aromatic rings. The summed E-state index contributed by atoms with van der Waals surface area (Å²) in [6.45, 7) is 11.7. The van der Waals surface area contributed by atoms with Gasteiger partial charge in [-0.15, -0.1) is 5.10 Å². The predicted octanol–water partition coefficient (Wildman–Crippen LogP) is 3.36. The minimum atomic E-state index is -0.104. The molecule has 31 heavy (non-hydrogen) atoms. The fraction of sp³-hybridized carbons (Fsp3) is 0.455. The first kappa shape index (κ1) is 23.0. The molecule has 1 N–H and O–H groups in total. The number of likely N-dealkylation sites (N-methyl/N-ethyl adjacent to an activating group) is 1. The highest BCUT2D eigenvalue weighted by Gasteiger charge is 2.16. The van der Waals surface area contributed by atoms with Gasteiger partial charge in [0.15, 0.2) is 0 Å². The van der Waals surface area contributed by atoms with Crippen molar-refractivity contribution in [2.75, 3.05) is 37.8 Å². The Morgan fingerprint density at radius 3 is 2.52 bits per heavy atom. The Morgan fingerprint density at radius 2 is 1.87 bits per heavy atom. The highest BCUT2D eigenvalue weighted by atomic mass is 32.2. The number of amides is 1. The van der Waals surface area contributed by atoms with Gasteiger partial charge in [0.1, 0.15) is 12.4 Å². The van der Waals surface area contributed by atoms with Crippen LogP contribution < -0.4 is 10.1 Å². The number of carbonyl (C=O) groups is 1. The highest BCUT2D eigenvalue weighted by molar-refractivity contribution is 7.98. The van der Waals surface area contributed by atoms with E-state index >= 15 is 0 Å². The van der Waals surface area contributed by atoms with Crippen LogP contribution in [-0.4, -0.2) is 62.9 Å². The molecule has 166 valence electrons. The molecule has 0 aliphatic carbocycles. The summed E-state index contributed by atoms with van der Waals surface area (Å²) >= 11 is 1.47. The summed E-state index contributed by atoms with van der Waals surface area (Å²) in [4.78, 5) is 23.9. The minimum Gasteiger partial charge on any atom is -0.492 e. The van der Waals surface area contributed by atoms with Crippen LogP contribution in [0.25, 0.3) is 5.78 Å². The molecule has 0 radical (unpaired) electrons. The summed E-state index contributed by atoms with van der Waals surface area (Å²) < 4.78 is 7.50. The van der Waals surface area contributed by atoms with Gasteiger partial charge >= 0.3 is 0 Å². The van der Waals surface area contributed by atoms with E-state index in [-0.39, 0.29) is 12.3 Å². The first-order valence-electron chi connectivity index (χ1n) is 10.5. The molecule has 3 rings (SSSR count). The molecule has 8 nitrogen and oxygen atoms in total. The lowest BCUT2D eigenvalue weighted by Gasteiger charge is -2.18. The first-order valence-corrected chi connectivity index (χ1v) is 11.7. The molecule has 0 fully saturated rings. The molecule has 0 unspecified atom stereocenters. The zero-order valence-electron chi connectivity index (χ0n) is 18.8. The number of ether oxygens (including phenoxy) is 1. The second-order valence-corrected chi connectivity index (χ2v) is 7.97. The normalized spacial score (nSPS) is 11.3. The number of fused-ring (bicyclic) bond motifs is 1. The average molecular weight is 443 g/mol. The number of hydrogen-bond acceptors (Lipinski definition) is 7. The Kier molecular flexibility index (Phi) is 7.86. The molecule has 2 aromatic heterocycles. The first-order chi connectivity index (χ1) is 14.9. The van der Waals surface area contributed by atoms with Crippen LogP contribution >= 0.6 is 11.8 Å². The minimum absolute atomic E-state index is 0.104. The maximum atomic E-state index is 12.7. The molecule has 1 amide bonds. The molecular weight excluding hydrogens is 412 g/mol. The van der Waals surface area contributed by atoms with Crippen molar-refractivity contribution in [2.24, 2.45) is 0 Å². The molecule has 0 spiro atoms. The Balaban J connectivity index is 1.61. The smallest absolute Gasteiger partial charge is 0.253 e. The van der Waals surface area contributed by atoms with Gasteiger partial charge in [-0.1, -0.05) is 25.6 Å². The van der Waals surface area contributed by atoms with E-state index in [9.17, 15) is 4.79 Å². The highest BCUT2D eigenvalue weighted by Crippen LogP contribution is 2.19. The maximum Gasteiger partial charge on any atom is 0.253 e. The van der Waals surface area contributed by atoms with Crippen molar-refractivity contribution in [1.29, 1.82) is 0 Å². The fourth-order valence-corrected chi connectivity index (χ4v) is 3.70. The topological polar surface area (TPSA) is 84.6 Å². The van der Waals surface area contributed by atoms with E-state index in [0.717, 1.165) is 48.0 Å². The van der Waals surface area contributed by atoms with E-state index in [1.165, 1.54) is 11.8 Å². The zero-order valence-corrected chi connectivity index (χ0v) is 19.6. The van der Waals surface area contributed by atoms with Gasteiger partial charge in [0.25, 0.3) is 5.78 Å². The van der Waals surface area contributed by atoms with Crippen molar-refractivity contribution in [2.45, 2.75) is 39.3 Å². The van der Waals surface area contributed by atoms with Gasteiger partial charge in [0.2, 0.25) is 11.1 Å². The third kappa shape index (κ3) is 5.74. The summed E-state index contributed by atoms with van der Waals surface area (Å²) in [5, 5.41) is 8.05. The SMILES string of the molecule is CCN(CC)CCOc1ccc(NC(=O)Cc2c(C)nc3nc(SC)nn3c2C)cc1. The van der Waals surface area contributed by atoms with E-state index in [2.05, 4.69) is 39.1 Å². The number of thioether (sulfide) groups is 1. The second kappa shape index (κ2) is 10.6. The molecule has 0 atom stereocenters. The number of nitrogens with zero attached hydrogens (tertiary/aromatic N) is 5. The van der Waals surface area contributed by atoms with E-state index in [1.807, 2.05) is 44.4 Å². The molecule has 0 bridgehead atoms. The summed E-state index contributed by atoms with van der Waals surface area (Å²) in [5.41, 5.74) is 3.26. The second-order valence-electron chi connectivity index (χ2n) is 7.20. The number of anilines is 1. The quantitative estimate of drug-likeness (QED) is 0.482. The van der Waals surface area contributed by atoms with Gasteiger partial charge < -0.3 is 15.0 Å². The molecule has 9 heteroatoms. The molecule has 0 saturated carbocycles. The van der Waals surface area contributed by atoms with Crippen LogP contribution in [0.4, 0.5) is 5.69 Å². The van der Waals surface area contributed by atoms with Crippen molar-refractivity contribution < 1.29 is 9.53 Å². The number of aromatic nitrogens is 4. The van der Waals surface area contributed by atoms with Crippen LogP contribution in [-0.2, 0) is 11.2 Å². The molecule has 1 aromatic carbocycles. The average Bonchev–Trinajstić information content (AvgIpc) is 3.18. The number of aryl methyl sites for hydroxylation is 2. The van der Waals surface area contributed by atoms with Gasteiger partial charge in [-0.05, 0) is 57.5 Å². The van der Waals surface area contributed by atoms with E-state index in [1.54, 1.807) is 4.52 Å². The summed E-state index contributed by atoms with van der Waals surface area (Å²) in [7, 11) is 0. The van der Waals surface area contributed by atoms with Crippen molar-refractivity contribution >= 4 is 29.1 Å². The zero-order chi connectivity index (χ0) is 22.4. The molecule has 2 heterocycles. The standard InChI is InChI=1S/C22H30N6O2S/c1-6-27(7-2)12-13-30-18-10-8-17(9-11-18)24-20(29)14-19-15(3)23-21-25-22(31-5)26-28(21)16(19)4/h8-11H,6-7,12-14H2,1-5H3,(H,24,29). The van der Waals surface area contributed by atoms with Crippen LogP contribution in [0.3, 0.4) is 0 Å². The van der Waals surface area contributed by atoms with Gasteiger partial charge in [0, 0.05) is 29.2 Å². The van der Waals surface area contributed by atoms with Crippen molar-refractivity contribution in [3.05, 3.63) is 41.2 Å². The van der Waals surface area contributed by atoms with Crippen molar-refractivity contribution in [3.63, 3.8) is 0 Å². The maximum absolute atomic E-state index is 12.7. The van der Waals surface area contributed by atoms with Gasteiger partial charge in [-0.2, -0.15) is 4.98 Å². The number of carbonyl (C=O) groups excluding carboxylic acids is 1. The van der Waals surface area contributed by atoms with Crippen LogP contribution in [0.5, 0.6) is 5.75 Å². The van der Waals surface area contributed by atoms with Gasteiger partial charge in [-0.25, -0.2) is 9.50 Å². The molecule has 0 aliphatic heterocycles. The summed E-state index contributed by atoms with van der Waals surface area (Å²) in [6, 6.07) is 7.46. The number of rotatable bonds is 10. The van der Waals surface area contributed by atoms with Crippen molar-refractivity contribution in [1.82, 2.24) is 24.5 Å². The van der Waals surface area contributed by atoms with Gasteiger partial charge in [0.05, 0.1) is 6.42 Å². The van der Waals surface area contributed by atoms with Crippen LogP contribution in [0.15, 0.2) is 29.4 Å². The molecule has 0 saturated heterocycles. The Hall–Kier alpha value is -2.65. The third-order valence-electron chi connectivity index (χ3n) is 5.26. The summed E-state index contributed by atoms with van der Waals surface area (Å²) in [6.07, 6.45) is 2.14. The van der Waals surface area contributed by atoms with Crippen LogP contribution in [0.1, 0.15) is 30.8 Å². The Bertz CT molecular complexity index is 1030. The lowest BCUT2D eigenvalue weighted by molar-refractivity contribution is -0.115. The Morgan fingerprint density at radius 1 is 1.16 bits per heavy atom. The van der Waals surface area contributed by atoms with E-state index < -0.39 is 0 Å². The van der Waals surface area contributed by atoms with E-state index in [0.29, 0.717) is 17.5 Å². The molecular formula is C22H30N6O2S. The Labute approximate surface area is 187 Å². The van der Waals surface area contributed by atoms with Crippen molar-refractivity contribution in [3.8, 4) is 5.75 Å². The fourth-order valence-electron chi connectivity index (χ4n) is 3.36. The van der Waals surface area contributed by atoms with Crippen LogP contribution in [0.2, 0.25) is 0 Å². The third-order valence-corrected chi connectivity index (χ3v) is 5.80. The predicted molar refractivity (Wildman–Crippen MR) is 124 cm³/mol. The monoisotopic (exact) mass is 442 g/mol. The van der Waals surface area contributed by atoms with Gasteiger partial charge in [-0.3, -0.25) is 4.79 Å². The number of nitrogens with one attached hydrogen (secondary N) is 1. The summed E-state index contributed by atoms with van der Waals surface area (Å²) in [5.74, 6) is 1.25.